The second-order valence-corrected chi connectivity index (χ2v) is 7.65. The summed E-state index contributed by atoms with van der Waals surface area (Å²) in [7, 11) is 0.649. The summed E-state index contributed by atoms with van der Waals surface area (Å²) in [4.78, 5) is 26.1. The van der Waals surface area contributed by atoms with E-state index in [2.05, 4.69) is 5.32 Å². The zero-order valence-corrected chi connectivity index (χ0v) is 15.1. The summed E-state index contributed by atoms with van der Waals surface area (Å²) < 4.78 is 16.3. The van der Waals surface area contributed by atoms with Crippen LogP contribution in [0.1, 0.15) is 18.9 Å². The van der Waals surface area contributed by atoms with Crippen LogP contribution in [-0.4, -0.2) is 52.6 Å². The molecule has 24 heavy (non-hydrogen) atoms. The van der Waals surface area contributed by atoms with Gasteiger partial charge in [0.05, 0.1) is 13.0 Å². The SMILES string of the molecule is COc1ccc(CN2CC(C(=O)NC(C)CS(C)=O)CC2=O)cc1. The molecule has 1 aliphatic rings. The Morgan fingerprint density at radius 3 is 2.67 bits per heavy atom. The molecular formula is C17H24N2O4S. The van der Waals surface area contributed by atoms with E-state index in [1.54, 1.807) is 18.3 Å². The largest absolute Gasteiger partial charge is 0.497 e. The highest BCUT2D eigenvalue weighted by Crippen LogP contribution is 2.21. The quantitative estimate of drug-likeness (QED) is 0.792. The number of nitrogens with one attached hydrogen (secondary N) is 1. The first kappa shape index (κ1) is 18.4. The number of amides is 2. The topological polar surface area (TPSA) is 75.7 Å². The third-order valence-corrected chi connectivity index (χ3v) is 4.96. The van der Waals surface area contributed by atoms with Gasteiger partial charge in [-0.25, -0.2) is 0 Å². The van der Waals surface area contributed by atoms with Crippen molar-refractivity contribution < 1.29 is 18.5 Å². The summed E-state index contributed by atoms with van der Waals surface area (Å²) in [6.45, 7) is 2.73. The average Bonchev–Trinajstić information content (AvgIpc) is 2.88. The lowest BCUT2D eigenvalue weighted by Crippen LogP contribution is -2.40. The highest BCUT2D eigenvalue weighted by atomic mass is 32.2. The fourth-order valence-corrected chi connectivity index (χ4v) is 3.59. The van der Waals surface area contributed by atoms with Crippen molar-refractivity contribution in [3.05, 3.63) is 29.8 Å². The summed E-state index contributed by atoms with van der Waals surface area (Å²) >= 11 is 0. The summed E-state index contributed by atoms with van der Waals surface area (Å²) in [5.41, 5.74) is 1.000. The van der Waals surface area contributed by atoms with E-state index in [0.29, 0.717) is 18.8 Å². The molecule has 3 atom stereocenters. The maximum absolute atomic E-state index is 12.3. The molecule has 0 saturated carbocycles. The van der Waals surface area contributed by atoms with Gasteiger partial charge in [0.15, 0.2) is 0 Å². The van der Waals surface area contributed by atoms with Gasteiger partial charge in [-0.05, 0) is 24.6 Å². The van der Waals surface area contributed by atoms with Gasteiger partial charge in [0.25, 0.3) is 0 Å². The molecule has 0 aromatic heterocycles. The van der Waals surface area contributed by atoms with E-state index in [9.17, 15) is 13.8 Å². The van der Waals surface area contributed by atoms with E-state index in [4.69, 9.17) is 4.74 Å². The zero-order valence-electron chi connectivity index (χ0n) is 14.3. The minimum Gasteiger partial charge on any atom is -0.497 e. The number of likely N-dealkylation sites (tertiary alicyclic amines) is 1. The normalized spacial score (nSPS) is 19.9. The lowest BCUT2D eigenvalue weighted by Gasteiger charge is -2.18. The van der Waals surface area contributed by atoms with Crippen molar-refractivity contribution in [1.29, 1.82) is 0 Å². The van der Waals surface area contributed by atoms with Crippen LogP contribution in [0.4, 0.5) is 0 Å². The molecule has 2 rings (SSSR count). The number of benzene rings is 1. The van der Waals surface area contributed by atoms with Gasteiger partial charge in [-0.2, -0.15) is 0 Å². The van der Waals surface area contributed by atoms with Crippen molar-refractivity contribution >= 4 is 22.6 Å². The fraction of sp³-hybridized carbons (Fsp3) is 0.529. The van der Waals surface area contributed by atoms with Gasteiger partial charge in [0, 0.05) is 48.4 Å². The van der Waals surface area contributed by atoms with E-state index in [1.807, 2.05) is 31.2 Å². The number of ether oxygens (including phenoxy) is 1. The molecule has 2 amide bonds. The van der Waals surface area contributed by atoms with Gasteiger partial charge in [-0.3, -0.25) is 13.8 Å². The van der Waals surface area contributed by atoms with Crippen LogP contribution in [0, 0.1) is 5.92 Å². The second-order valence-electron chi connectivity index (χ2n) is 6.17. The summed E-state index contributed by atoms with van der Waals surface area (Å²) in [5.74, 6) is 0.688. The van der Waals surface area contributed by atoms with Gasteiger partial charge in [0.2, 0.25) is 11.8 Å². The Labute approximate surface area is 145 Å². The van der Waals surface area contributed by atoms with E-state index in [-0.39, 0.29) is 30.2 Å². The van der Waals surface area contributed by atoms with Crippen LogP contribution >= 0.6 is 0 Å². The van der Waals surface area contributed by atoms with Crippen molar-refractivity contribution in [2.24, 2.45) is 5.92 Å². The molecule has 6 nitrogen and oxygen atoms in total. The molecule has 1 N–H and O–H groups in total. The molecule has 0 aliphatic carbocycles. The Kier molecular flexibility index (Phi) is 6.36. The lowest BCUT2D eigenvalue weighted by atomic mass is 10.1. The molecular weight excluding hydrogens is 328 g/mol. The Bertz CT molecular complexity index is 618. The minimum absolute atomic E-state index is 0.0160. The van der Waals surface area contributed by atoms with Crippen LogP contribution in [0.5, 0.6) is 5.75 Å². The Morgan fingerprint density at radius 1 is 1.42 bits per heavy atom. The molecule has 132 valence electrons. The fourth-order valence-electron chi connectivity index (χ4n) is 2.81. The zero-order chi connectivity index (χ0) is 17.7. The maximum Gasteiger partial charge on any atom is 0.225 e. The maximum atomic E-state index is 12.3. The molecule has 0 bridgehead atoms. The first-order valence-corrected chi connectivity index (χ1v) is 9.63. The molecule has 0 spiro atoms. The third kappa shape index (κ3) is 5.06. The standard InChI is InChI=1S/C17H24N2O4S/c1-12(11-24(3)22)18-17(21)14-8-16(20)19(10-14)9-13-4-6-15(23-2)7-5-13/h4-7,12,14H,8-11H2,1-3H3,(H,18,21). The molecule has 1 aliphatic heterocycles. The number of carbonyl (C=O) groups excluding carboxylic acids is 2. The highest BCUT2D eigenvalue weighted by molar-refractivity contribution is 7.84. The predicted octanol–water partition coefficient (Wildman–Crippen LogP) is 0.927. The van der Waals surface area contributed by atoms with Crippen molar-refractivity contribution in [1.82, 2.24) is 10.2 Å². The molecule has 1 saturated heterocycles. The van der Waals surface area contributed by atoms with Gasteiger partial charge < -0.3 is 15.0 Å². The Morgan fingerprint density at radius 2 is 2.08 bits per heavy atom. The molecule has 1 aromatic carbocycles. The molecule has 0 radical (unpaired) electrons. The Hall–Kier alpha value is -1.89. The molecule has 1 heterocycles. The van der Waals surface area contributed by atoms with Gasteiger partial charge in [-0.1, -0.05) is 12.1 Å². The van der Waals surface area contributed by atoms with E-state index in [1.165, 1.54) is 0 Å². The third-order valence-electron chi connectivity index (χ3n) is 3.99. The first-order chi connectivity index (χ1) is 11.4. The van der Waals surface area contributed by atoms with Crippen molar-refractivity contribution in [2.45, 2.75) is 25.9 Å². The number of nitrogens with zero attached hydrogens (tertiary/aromatic N) is 1. The highest BCUT2D eigenvalue weighted by Gasteiger charge is 2.34. The first-order valence-electron chi connectivity index (χ1n) is 7.90. The minimum atomic E-state index is -0.959. The summed E-state index contributed by atoms with van der Waals surface area (Å²) in [5, 5.41) is 2.85. The average molecular weight is 352 g/mol. The lowest BCUT2D eigenvalue weighted by molar-refractivity contribution is -0.129. The molecule has 7 heteroatoms. The summed E-state index contributed by atoms with van der Waals surface area (Å²) in [6.07, 6.45) is 1.84. The number of hydrogen-bond donors (Lipinski definition) is 1. The molecule has 1 aromatic rings. The number of hydrogen-bond acceptors (Lipinski definition) is 4. The van der Waals surface area contributed by atoms with Crippen LogP contribution in [0.3, 0.4) is 0 Å². The predicted molar refractivity (Wildman–Crippen MR) is 93.1 cm³/mol. The molecule has 3 unspecified atom stereocenters. The van der Waals surface area contributed by atoms with Crippen LogP contribution in [0.25, 0.3) is 0 Å². The number of methoxy groups -OCH3 is 1. The Balaban J connectivity index is 1.90. The summed E-state index contributed by atoms with van der Waals surface area (Å²) in [6, 6.07) is 7.38. The van der Waals surface area contributed by atoms with E-state index >= 15 is 0 Å². The van der Waals surface area contributed by atoms with Crippen LogP contribution < -0.4 is 10.1 Å². The van der Waals surface area contributed by atoms with Gasteiger partial charge in [0.1, 0.15) is 5.75 Å². The van der Waals surface area contributed by atoms with Crippen molar-refractivity contribution in [2.75, 3.05) is 25.7 Å². The smallest absolute Gasteiger partial charge is 0.225 e. The van der Waals surface area contributed by atoms with Gasteiger partial charge >= 0.3 is 0 Å². The number of rotatable bonds is 7. The van der Waals surface area contributed by atoms with Gasteiger partial charge in [-0.15, -0.1) is 0 Å². The van der Waals surface area contributed by atoms with E-state index in [0.717, 1.165) is 11.3 Å². The van der Waals surface area contributed by atoms with Crippen molar-refractivity contribution in [3.8, 4) is 5.75 Å². The monoisotopic (exact) mass is 352 g/mol. The van der Waals surface area contributed by atoms with E-state index < -0.39 is 10.8 Å². The van der Waals surface area contributed by atoms with Crippen LogP contribution in [0.2, 0.25) is 0 Å². The number of carbonyl (C=O) groups is 2. The van der Waals surface area contributed by atoms with Crippen LogP contribution in [0.15, 0.2) is 24.3 Å². The second kappa shape index (κ2) is 8.28. The van der Waals surface area contributed by atoms with Crippen molar-refractivity contribution in [3.63, 3.8) is 0 Å². The van der Waals surface area contributed by atoms with Crippen LogP contribution in [-0.2, 0) is 26.9 Å². The molecule has 1 fully saturated rings.